The van der Waals surface area contributed by atoms with Crippen molar-refractivity contribution in [3.8, 4) is 0 Å². The van der Waals surface area contributed by atoms with Crippen LogP contribution in [0.4, 0.5) is 8.78 Å². The zero-order valence-electron chi connectivity index (χ0n) is 17.3. The first-order chi connectivity index (χ1) is 14.9. The smallest absolute Gasteiger partial charge is 0.262 e. The molecule has 5 nitrogen and oxygen atoms in total. The minimum atomic E-state index is -2.89. The monoisotopic (exact) mass is 427 g/mol. The van der Waals surface area contributed by atoms with Crippen molar-refractivity contribution in [3.63, 3.8) is 0 Å². The Morgan fingerprint density at radius 2 is 1.65 bits per heavy atom. The molecular weight excluding hydrogens is 400 g/mol. The van der Waals surface area contributed by atoms with Crippen LogP contribution in [0.15, 0.2) is 60.7 Å². The highest BCUT2D eigenvalue weighted by Crippen LogP contribution is 2.35. The number of halogens is 2. The third-order valence-corrected chi connectivity index (χ3v) is 6.03. The van der Waals surface area contributed by atoms with Crippen molar-refractivity contribution in [3.05, 3.63) is 71.8 Å². The predicted molar refractivity (Wildman–Crippen MR) is 114 cm³/mol. The molecule has 0 aliphatic carbocycles. The highest BCUT2D eigenvalue weighted by atomic mass is 19.3. The van der Waals surface area contributed by atoms with Crippen LogP contribution in [-0.2, 0) is 11.2 Å². The van der Waals surface area contributed by atoms with Crippen LogP contribution < -0.4 is 5.32 Å². The zero-order valence-corrected chi connectivity index (χ0v) is 17.3. The summed E-state index contributed by atoms with van der Waals surface area (Å²) in [5.41, 5.74) is 1.77. The molecule has 0 unspecified atom stereocenters. The van der Waals surface area contributed by atoms with Gasteiger partial charge in [-0.2, -0.15) is 0 Å². The Morgan fingerprint density at radius 3 is 2.32 bits per heavy atom. The van der Waals surface area contributed by atoms with Crippen LogP contribution >= 0.6 is 0 Å². The van der Waals surface area contributed by atoms with Crippen molar-refractivity contribution in [1.82, 2.24) is 15.1 Å². The van der Waals surface area contributed by atoms with Crippen LogP contribution in [0, 0.1) is 0 Å². The van der Waals surface area contributed by atoms with Gasteiger partial charge in [-0.05, 0) is 30.5 Å². The van der Waals surface area contributed by atoms with Crippen molar-refractivity contribution in [2.45, 2.75) is 37.3 Å². The summed E-state index contributed by atoms with van der Waals surface area (Å²) >= 11 is 0. The summed E-state index contributed by atoms with van der Waals surface area (Å²) in [6, 6.07) is 17.8. The lowest BCUT2D eigenvalue weighted by atomic mass is 10.0. The first kappa shape index (κ1) is 21.4. The summed E-state index contributed by atoms with van der Waals surface area (Å²) in [7, 11) is 0. The Labute approximate surface area is 181 Å². The van der Waals surface area contributed by atoms with E-state index in [9.17, 15) is 18.4 Å². The zero-order chi connectivity index (χ0) is 21.8. The number of alkyl halides is 2. The average Bonchev–Trinajstić information content (AvgIpc) is 3.06. The van der Waals surface area contributed by atoms with E-state index in [2.05, 4.69) is 5.32 Å². The topological polar surface area (TPSA) is 52.7 Å². The van der Waals surface area contributed by atoms with Crippen molar-refractivity contribution >= 4 is 11.8 Å². The van der Waals surface area contributed by atoms with E-state index >= 15 is 0 Å². The standard InChI is InChI=1S/C24H27F2N3O2/c25-24(26)14-21(22(30)27-13-7-10-18-8-3-1-4-9-18)29(17-24)20-15-28(16-20)23(31)19-11-5-2-6-12-19/h1-6,8-9,11-12,20-21H,7,10,13-17H2,(H,27,30)/t21-/m0/s1. The van der Waals surface area contributed by atoms with Gasteiger partial charge < -0.3 is 10.2 Å². The molecule has 4 rings (SSSR count). The molecule has 0 bridgehead atoms. The molecule has 2 aliphatic heterocycles. The van der Waals surface area contributed by atoms with Gasteiger partial charge in [0.1, 0.15) is 0 Å². The fourth-order valence-electron chi connectivity index (χ4n) is 4.33. The Bertz CT molecular complexity index is 902. The van der Waals surface area contributed by atoms with E-state index < -0.39 is 24.9 Å². The number of carbonyl (C=O) groups is 2. The molecule has 2 aromatic rings. The van der Waals surface area contributed by atoms with Gasteiger partial charge in [0, 0.05) is 37.7 Å². The molecular formula is C24H27F2N3O2. The van der Waals surface area contributed by atoms with E-state index in [4.69, 9.17) is 0 Å². The van der Waals surface area contributed by atoms with Crippen LogP contribution in [0.25, 0.3) is 0 Å². The van der Waals surface area contributed by atoms with Crippen LogP contribution in [0.3, 0.4) is 0 Å². The minimum absolute atomic E-state index is 0.107. The van der Waals surface area contributed by atoms with E-state index in [-0.39, 0.29) is 17.9 Å². The average molecular weight is 427 g/mol. The van der Waals surface area contributed by atoms with Gasteiger partial charge in [0.05, 0.1) is 12.6 Å². The van der Waals surface area contributed by atoms with Crippen molar-refractivity contribution in [1.29, 1.82) is 0 Å². The van der Waals surface area contributed by atoms with Gasteiger partial charge in [0.25, 0.3) is 11.8 Å². The van der Waals surface area contributed by atoms with Gasteiger partial charge in [-0.3, -0.25) is 14.5 Å². The van der Waals surface area contributed by atoms with Gasteiger partial charge in [0.15, 0.2) is 0 Å². The van der Waals surface area contributed by atoms with Gasteiger partial charge in [-0.1, -0.05) is 48.5 Å². The Balaban J connectivity index is 1.29. The van der Waals surface area contributed by atoms with Crippen LogP contribution in [0.2, 0.25) is 0 Å². The van der Waals surface area contributed by atoms with Crippen molar-refractivity contribution in [2.24, 2.45) is 0 Å². The number of aryl methyl sites for hydroxylation is 1. The summed E-state index contributed by atoms with van der Waals surface area (Å²) in [6.45, 7) is 0.739. The molecule has 2 amide bonds. The molecule has 2 saturated heterocycles. The lowest BCUT2D eigenvalue weighted by Gasteiger charge is -2.45. The Morgan fingerprint density at radius 1 is 1.00 bits per heavy atom. The minimum Gasteiger partial charge on any atom is -0.355 e. The van der Waals surface area contributed by atoms with E-state index in [1.807, 2.05) is 36.4 Å². The van der Waals surface area contributed by atoms with Gasteiger partial charge >= 0.3 is 0 Å². The highest BCUT2D eigenvalue weighted by molar-refractivity contribution is 5.94. The summed E-state index contributed by atoms with van der Waals surface area (Å²) in [6.07, 6.45) is 1.10. The number of likely N-dealkylation sites (tertiary alicyclic amines) is 2. The molecule has 0 radical (unpaired) electrons. The molecule has 1 atom stereocenters. The molecule has 0 spiro atoms. The Hall–Kier alpha value is -2.80. The molecule has 2 heterocycles. The summed E-state index contributed by atoms with van der Waals surface area (Å²) in [5.74, 6) is -3.35. The van der Waals surface area contributed by atoms with Gasteiger partial charge in [-0.15, -0.1) is 0 Å². The van der Waals surface area contributed by atoms with Gasteiger partial charge in [-0.25, -0.2) is 8.78 Å². The maximum absolute atomic E-state index is 14.2. The van der Waals surface area contributed by atoms with E-state index in [0.29, 0.717) is 25.2 Å². The van der Waals surface area contributed by atoms with Crippen LogP contribution in [-0.4, -0.2) is 65.8 Å². The number of benzene rings is 2. The number of carbonyl (C=O) groups excluding carboxylic acids is 2. The molecule has 164 valence electrons. The summed E-state index contributed by atoms with van der Waals surface area (Å²) in [4.78, 5) is 28.4. The predicted octanol–water partition coefficient (Wildman–Crippen LogP) is 2.97. The Kier molecular flexibility index (Phi) is 6.32. The number of amides is 2. The number of hydrogen-bond donors (Lipinski definition) is 1. The largest absolute Gasteiger partial charge is 0.355 e. The van der Waals surface area contributed by atoms with Gasteiger partial charge in [0.2, 0.25) is 5.91 Å². The third kappa shape index (κ3) is 5.10. The van der Waals surface area contributed by atoms with Crippen LogP contribution in [0.1, 0.15) is 28.8 Å². The number of nitrogens with zero attached hydrogens (tertiary/aromatic N) is 2. The SMILES string of the molecule is O=C(NCCCc1ccccc1)[C@@H]1CC(F)(F)CN1C1CN(C(=O)c2ccccc2)C1. The van der Waals surface area contributed by atoms with E-state index in [0.717, 1.165) is 12.8 Å². The quantitative estimate of drug-likeness (QED) is 0.692. The summed E-state index contributed by atoms with van der Waals surface area (Å²) in [5, 5.41) is 2.83. The van der Waals surface area contributed by atoms with E-state index in [1.54, 1.807) is 34.1 Å². The van der Waals surface area contributed by atoms with Crippen molar-refractivity contribution < 1.29 is 18.4 Å². The summed E-state index contributed by atoms with van der Waals surface area (Å²) < 4.78 is 28.3. The molecule has 7 heteroatoms. The second-order valence-corrected chi connectivity index (χ2v) is 8.36. The second kappa shape index (κ2) is 9.14. The maximum atomic E-state index is 14.2. The molecule has 0 saturated carbocycles. The number of hydrogen-bond acceptors (Lipinski definition) is 3. The fourth-order valence-corrected chi connectivity index (χ4v) is 4.33. The number of nitrogens with one attached hydrogen (secondary N) is 1. The lowest BCUT2D eigenvalue weighted by molar-refractivity contribution is -0.127. The normalized spacial score (nSPS) is 21.0. The first-order valence-corrected chi connectivity index (χ1v) is 10.7. The first-order valence-electron chi connectivity index (χ1n) is 10.7. The molecule has 31 heavy (non-hydrogen) atoms. The highest BCUT2D eigenvalue weighted by Gasteiger charge is 2.52. The molecule has 2 fully saturated rings. The molecule has 0 aromatic heterocycles. The number of rotatable bonds is 7. The van der Waals surface area contributed by atoms with E-state index in [1.165, 1.54) is 5.56 Å². The maximum Gasteiger partial charge on any atom is 0.262 e. The van der Waals surface area contributed by atoms with Crippen molar-refractivity contribution in [2.75, 3.05) is 26.2 Å². The molecule has 2 aliphatic rings. The second-order valence-electron chi connectivity index (χ2n) is 8.36. The molecule has 2 aromatic carbocycles. The lowest BCUT2D eigenvalue weighted by Crippen LogP contribution is -2.63. The third-order valence-electron chi connectivity index (χ3n) is 6.03. The van der Waals surface area contributed by atoms with Crippen LogP contribution in [0.5, 0.6) is 0 Å². The fraction of sp³-hybridized carbons (Fsp3) is 0.417. The molecule has 1 N–H and O–H groups in total.